The lowest BCUT2D eigenvalue weighted by molar-refractivity contribution is 0.0916. The number of rotatable bonds is 4. The molecule has 0 aliphatic heterocycles. The van der Waals surface area contributed by atoms with Gasteiger partial charge in [-0.15, -0.1) is 0 Å². The summed E-state index contributed by atoms with van der Waals surface area (Å²) in [5.74, 6) is -0.482. The van der Waals surface area contributed by atoms with Crippen molar-refractivity contribution in [1.82, 2.24) is 5.32 Å². The maximum absolute atomic E-state index is 11.9. The topological polar surface area (TPSA) is 69.6 Å². The summed E-state index contributed by atoms with van der Waals surface area (Å²) >= 11 is 5.89. The van der Waals surface area contributed by atoms with E-state index in [4.69, 9.17) is 11.6 Å². The number of aromatic hydroxyl groups is 1. The average Bonchev–Trinajstić information content (AvgIpc) is 2.47. The van der Waals surface area contributed by atoms with Crippen LogP contribution < -0.4 is 5.32 Å². The number of phenols is 1. The Morgan fingerprint density at radius 2 is 1.90 bits per heavy atom. The number of amides is 1. The molecule has 0 aliphatic carbocycles. The Bertz CT molecular complexity index is 601. The summed E-state index contributed by atoms with van der Waals surface area (Å²) in [7, 11) is 0. The summed E-state index contributed by atoms with van der Waals surface area (Å²) in [6.45, 7) is 0.0643. The fourth-order valence-electron chi connectivity index (χ4n) is 1.76. The van der Waals surface area contributed by atoms with Crippen molar-refractivity contribution in [3.8, 4) is 5.75 Å². The molecule has 20 heavy (non-hydrogen) atoms. The molecule has 0 saturated heterocycles. The van der Waals surface area contributed by atoms with E-state index in [1.54, 1.807) is 12.1 Å². The van der Waals surface area contributed by atoms with Gasteiger partial charge < -0.3 is 15.5 Å². The van der Waals surface area contributed by atoms with Crippen LogP contribution in [0.3, 0.4) is 0 Å². The van der Waals surface area contributed by atoms with Crippen LogP contribution in [0, 0.1) is 0 Å². The molecule has 5 heteroatoms. The molecule has 2 rings (SSSR count). The van der Waals surface area contributed by atoms with E-state index >= 15 is 0 Å². The monoisotopic (exact) mass is 291 g/mol. The molecule has 4 nitrogen and oxygen atoms in total. The summed E-state index contributed by atoms with van der Waals surface area (Å²) in [5, 5.41) is 22.1. The number of nitrogens with one attached hydrogen (secondary N) is 1. The number of hydrogen-bond acceptors (Lipinski definition) is 3. The van der Waals surface area contributed by atoms with Gasteiger partial charge in [0.25, 0.3) is 5.91 Å². The standard InChI is InChI=1S/C15H14ClNO3/c16-13-7-6-11(18)8-12(13)15(20)17-9-14(19)10-4-2-1-3-5-10/h1-8,14,18-19H,9H2,(H,17,20). The predicted molar refractivity (Wildman–Crippen MR) is 76.9 cm³/mol. The van der Waals surface area contributed by atoms with Crippen LogP contribution in [0.4, 0.5) is 0 Å². The van der Waals surface area contributed by atoms with Crippen molar-refractivity contribution in [3.05, 3.63) is 64.7 Å². The van der Waals surface area contributed by atoms with Crippen LogP contribution in [0.1, 0.15) is 22.0 Å². The largest absolute Gasteiger partial charge is 0.508 e. The summed E-state index contributed by atoms with van der Waals surface area (Å²) in [6.07, 6.45) is -0.795. The van der Waals surface area contributed by atoms with E-state index in [1.807, 2.05) is 18.2 Å². The molecule has 0 bridgehead atoms. The van der Waals surface area contributed by atoms with Gasteiger partial charge in [-0.05, 0) is 23.8 Å². The Kier molecular flexibility index (Phi) is 4.61. The van der Waals surface area contributed by atoms with E-state index in [9.17, 15) is 15.0 Å². The van der Waals surface area contributed by atoms with E-state index < -0.39 is 12.0 Å². The molecule has 0 heterocycles. The van der Waals surface area contributed by atoms with E-state index in [1.165, 1.54) is 18.2 Å². The third-order valence-corrected chi connectivity index (χ3v) is 3.16. The molecule has 1 atom stereocenters. The Balaban J connectivity index is 2.00. The summed E-state index contributed by atoms with van der Waals surface area (Å²) in [5.41, 5.74) is 0.890. The SMILES string of the molecule is O=C(NCC(O)c1ccccc1)c1cc(O)ccc1Cl. The van der Waals surface area contributed by atoms with Crippen LogP contribution in [0.25, 0.3) is 0 Å². The second-order valence-electron chi connectivity index (χ2n) is 4.30. The third-order valence-electron chi connectivity index (χ3n) is 2.83. The zero-order chi connectivity index (χ0) is 14.5. The van der Waals surface area contributed by atoms with E-state index in [0.717, 1.165) is 5.56 Å². The second-order valence-corrected chi connectivity index (χ2v) is 4.71. The lowest BCUT2D eigenvalue weighted by Gasteiger charge is -2.12. The quantitative estimate of drug-likeness (QED) is 0.811. The minimum atomic E-state index is -0.795. The van der Waals surface area contributed by atoms with Gasteiger partial charge in [0.05, 0.1) is 16.7 Å². The van der Waals surface area contributed by atoms with Crippen molar-refractivity contribution in [1.29, 1.82) is 0 Å². The van der Waals surface area contributed by atoms with Gasteiger partial charge in [0, 0.05) is 6.54 Å². The Labute approximate surface area is 121 Å². The number of carbonyl (C=O) groups excluding carboxylic acids is 1. The van der Waals surface area contributed by atoms with Crippen molar-refractivity contribution in [3.63, 3.8) is 0 Å². The zero-order valence-corrected chi connectivity index (χ0v) is 11.3. The molecule has 0 spiro atoms. The van der Waals surface area contributed by atoms with E-state index in [2.05, 4.69) is 5.32 Å². The van der Waals surface area contributed by atoms with Gasteiger partial charge in [-0.25, -0.2) is 0 Å². The molecule has 0 aromatic heterocycles. The Morgan fingerprint density at radius 1 is 1.20 bits per heavy atom. The highest BCUT2D eigenvalue weighted by atomic mass is 35.5. The Morgan fingerprint density at radius 3 is 2.60 bits per heavy atom. The van der Waals surface area contributed by atoms with Gasteiger partial charge in [0.1, 0.15) is 5.75 Å². The minimum Gasteiger partial charge on any atom is -0.508 e. The number of aliphatic hydroxyl groups is 1. The first-order valence-corrected chi connectivity index (χ1v) is 6.45. The molecule has 0 fully saturated rings. The van der Waals surface area contributed by atoms with Crippen molar-refractivity contribution in [2.24, 2.45) is 0 Å². The molecule has 2 aromatic rings. The number of hydrogen-bond donors (Lipinski definition) is 3. The molecule has 104 valence electrons. The molecule has 1 amide bonds. The van der Waals surface area contributed by atoms with Crippen molar-refractivity contribution < 1.29 is 15.0 Å². The van der Waals surface area contributed by atoms with Crippen LogP contribution in [-0.2, 0) is 0 Å². The Hall–Kier alpha value is -2.04. The van der Waals surface area contributed by atoms with E-state index in [-0.39, 0.29) is 22.9 Å². The first-order valence-electron chi connectivity index (χ1n) is 6.07. The molecule has 0 saturated carbocycles. The molecule has 1 unspecified atom stereocenters. The second kappa shape index (κ2) is 6.41. The molecule has 3 N–H and O–H groups in total. The van der Waals surface area contributed by atoms with Crippen molar-refractivity contribution in [2.75, 3.05) is 6.54 Å². The molecular formula is C15H14ClNO3. The lowest BCUT2D eigenvalue weighted by Crippen LogP contribution is -2.28. The van der Waals surface area contributed by atoms with Gasteiger partial charge in [-0.1, -0.05) is 41.9 Å². The normalized spacial score (nSPS) is 11.9. The number of benzene rings is 2. The van der Waals surface area contributed by atoms with Crippen molar-refractivity contribution >= 4 is 17.5 Å². The number of carbonyl (C=O) groups is 1. The molecule has 2 aromatic carbocycles. The number of aliphatic hydroxyl groups excluding tert-OH is 1. The molecular weight excluding hydrogens is 278 g/mol. The van der Waals surface area contributed by atoms with Gasteiger partial charge in [-0.3, -0.25) is 4.79 Å². The number of phenolic OH excluding ortho intramolecular Hbond substituents is 1. The molecule has 0 radical (unpaired) electrons. The first kappa shape index (κ1) is 14.4. The maximum atomic E-state index is 11.9. The summed E-state index contributed by atoms with van der Waals surface area (Å²) in [6, 6.07) is 13.2. The van der Waals surface area contributed by atoms with E-state index in [0.29, 0.717) is 0 Å². The van der Waals surface area contributed by atoms with Crippen molar-refractivity contribution in [2.45, 2.75) is 6.10 Å². The zero-order valence-electron chi connectivity index (χ0n) is 10.6. The fraction of sp³-hybridized carbons (Fsp3) is 0.133. The number of halogens is 1. The fourth-order valence-corrected chi connectivity index (χ4v) is 1.97. The lowest BCUT2D eigenvalue weighted by atomic mass is 10.1. The van der Waals surface area contributed by atoms with Gasteiger partial charge in [0.15, 0.2) is 0 Å². The minimum absolute atomic E-state index is 0.0387. The summed E-state index contributed by atoms with van der Waals surface area (Å²) < 4.78 is 0. The van der Waals surface area contributed by atoms with Crippen LogP contribution in [0.5, 0.6) is 5.75 Å². The van der Waals surface area contributed by atoms with Gasteiger partial charge >= 0.3 is 0 Å². The smallest absolute Gasteiger partial charge is 0.253 e. The average molecular weight is 292 g/mol. The maximum Gasteiger partial charge on any atom is 0.253 e. The highest BCUT2D eigenvalue weighted by Gasteiger charge is 2.13. The first-order chi connectivity index (χ1) is 9.58. The highest BCUT2D eigenvalue weighted by Crippen LogP contribution is 2.21. The summed E-state index contributed by atoms with van der Waals surface area (Å²) in [4.78, 5) is 11.9. The third kappa shape index (κ3) is 3.50. The highest BCUT2D eigenvalue weighted by molar-refractivity contribution is 6.33. The predicted octanol–water partition coefficient (Wildman–Crippen LogP) is 2.51. The van der Waals surface area contributed by atoms with Gasteiger partial charge in [0.2, 0.25) is 0 Å². The molecule has 0 aliphatic rings. The van der Waals surface area contributed by atoms with Crippen LogP contribution in [0.2, 0.25) is 5.02 Å². The van der Waals surface area contributed by atoms with Gasteiger partial charge in [-0.2, -0.15) is 0 Å². The van der Waals surface area contributed by atoms with Crippen LogP contribution in [-0.4, -0.2) is 22.7 Å². The van der Waals surface area contributed by atoms with Crippen LogP contribution >= 0.6 is 11.6 Å². The van der Waals surface area contributed by atoms with Crippen LogP contribution in [0.15, 0.2) is 48.5 Å².